The molecule has 0 spiro atoms. The van der Waals surface area contributed by atoms with Crippen molar-refractivity contribution in [3.63, 3.8) is 0 Å². The van der Waals surface area contributed by atoms with Crippen LogP contribution in [0.5, 0.6) is 0 Å². The third-order valence-electron chi connectivity index (χ3n) is 2.99. The lowest BCUT2D eigenvalue weighted by molar-refractivity contribution is 0.574. The predicted octanol–water partition coefficient (Wildman–Crippen LogP) is 2.06. The van der Waals surface area contributed by atoms with Crippen LogP contribution in [0.3, 0.4) is 0 Å². The lowest BCUT2D eigenvalue weighted by Gasteiger charge is -2.12. The summed E-state index contributed by atoms with van der Waals surface area (Å²) in [6.45, 7) is 2.49. The van der Waals surface area contributed by atoms with Crippen LogP contribution in [0.2, 0.25) is 0 Å². The number of anilines is 2. The highest BCUT2D eigenvalue weighted by molar-refractivity contribution is 5.66. The summed E-state index contributed by atoms with van der Waals surface area (Å²) < 4.78 is 27.8. The number of nitrogens with two attached hydrogens (primary N) is 1. The van der Waals surface area contributed by atoms with Gasteiger partial charge in [0.25, 0.3) is 0 Å². The fourth-order valence-electron chi connectivity index (χ4n) is 1.78. The van der Waals surface area contributed by atoms with Crippen molar-refractivity contribution in [2.75, 3.05) is 24.2 Å². The van der Waals surface area contributed by atoms with Gasteiger partial charge in [-0.3, -0.25) is 0 Å². The van der Waals surface area contributed by atoms with Gasteiger partial charge >= 0.3 is 0 Å². The van der Waals surface area contributed by atoms with Gasteiger partial charge in [-0.1, -0.05) is 0 Å². The minimum Gasteiger partial charge on any atom is -0.382 e. The molecule has 7 heteroatoms. The molecule has 0 atom stereocenters. The Labute approximate surface area is 114 Å². The van der Waals surface area contributed by atoms with Crippen molar-refractivity contribution in [2.45, 2.75) is 6.92 Å². The van der Waals surface area contributed by atoms with E-state index < -0.39 is 11.6 Å². The number of halogens is 2. The Morgan fingerprint density at radius 1 is 1.45 bits per heavy atom. The van der Waals surface area contributed by atoms with Gasteiger partial charge in [-0.05, 0) is 19.1 Å². The molecule has 0 aliphatic heterocycles. The Bertz CT molecular complexity index is 687. The van der Waals surface area contributed by atoms with E-state index in [9.17, 15) is 8.78 Å². The summed E-state index contributed by atoms with van der Waals surface area (Å²) in [5.41, 5.74) is 6.00. The van der Waals surface area contributed by atoms with Crippen molar-refractivity contribution in [2.24, 2.45) is 0 Å². The minimum absolute atomic E-state index is 0.00356. The second-order valence-electron chi connectivity index (χ2n) is 4.22. The van der Waals surface area contributed by atoms with Gasteiger partial charge in [0.2, 0.25) is 0 Å². The van der Waals surface area contributed by atoms with Gasteiger partial charge in [0.05, 0.1) is 0 Å². The summed E-state index contributed by atoms with van der Waals surface area (Å²) in [4.78, 5) is 1.72. The summed E-state index contributed by atoms with van der Waals surface area (Å²) in [7, 11) is 1.74. The number of nitrogen functional groups attached to an aromatic ring is 1. The van der Waals surface area contributed by atoms with Crippen molar-refractivity contribution in [1.82, 2.24) is 9.78 Å². The quantitative estimate of drug-likeness (QED) is 0.932. The summed E-state index contributed by atoms with van der Waals surface area (Å²) in [5.74, 6) is -1.11. The van der Waals surface area contributed by atoms with Crippen LogP contribution in [0.25, 0.3) is 5.69 Å². The average Bonchev–Trinajstić information content (AvgIpc) is 2.75. The second kappa shape index (κ2) is 5.17. The number of rotatable bonds is 3. The number of benzene rings is 1. The third kappa shape index (κ3) is 2.16. The fraction of sp³-hybridized carbons (Fsp3) is 0.231. The topological polar surface area (TPSA) is 70.9 Å². The fourth-order valence-corrected chi connectivity index (χ4v) is 1.78. The molecule has 104 valence electrons. The summed E-state index contributed by atoms with van der Waals surface area (Å²) in [6, 6.07) is 5.03. The molecule has 0 saturated carbocycles. The Morgan fingerprint density at radius 3 is 2.70 bits per heavy atom. The molecular formula is C13H13F2N5. The van der Waals surface area contributed by atoms with E-state index in [2.05, 4.69) is 5.10 Å². The number of nitrogens with zero attached hydrogens (tertiary/aromatic N) is 4. The Balaban J connectivity index is 2.64. The zero-order valence-electron chi connectivity index (χ0n) is 11.1. The van der Waals surface area contributed by atoms with Gasteiger partial charge < -0.3 is 10.6 Å². The van der Waals surface area contributed by atoms with Crippen molar-refractivity contribution in [1.29, 1.82) is 5.26 Å². The molecule has 0 saturated heterocycles. The van der Waals surface area contributed by atoms with Gasteiger partial charge in [-0.25, -0.2) is 13.5 Å². The van der Waals surface area contributed by atoms with Crippen LogP contribution in [0.15, 0.2) is 18.2 Å². The third-order valence-corrected chi connectivity index (χ3v) is 2.99. The lowest BCUT2D eigenvalue weighted by Crippen LogP contribution is -2.17. The molecule has 0 bridgehead atoms. The number of hydrogen-bond donors (Lipinski definition) is 1. The monoisotopic (exact) mass is 277 g/mol. The van der Waals surface area contributed by atoms with Crippen LogP contribution >= 0.6 is 0 Å². The highest BCUT2D eigenvalue weighted by atomic mass is 19.1. The maximum Gasteiger partial charge on any atom is 0.171 e. The van der Waals surface area contributed by atoms with E-state index in [1.165, 1.54) is 6.07 Å². The first-order chi connectivity index (χ1) is 9.49. The molecule has 1 aromatic carbocycles. The lowest BCUT2D eigenvalue weighted by atomic mass is 10.3. The van der Waals surface area contributed by atoms with E-state index in [1.807, 2.05) is 13.0 Å². The normalized spacial score (nSPS) is 10.3. The molecule has 0 unspecified atom stereocenters. The Morgan fingerprint density at radius 2 is 2.15 bits per heavy atom. The molecule has 0 aliphatic rings. The first-order valence-electron chi connectivity index (χ1n) is 5.94. The molecule has 0 radical (unpaired) electrons. The molecule has 0 amide bonds. The average molecular weight is 277 g/mol. The summed E-state index contributed by atoms with van der Waals surface area (Å²) >= 11 is 0. The molecule has 5 nitrogen and oxygen atoms in total. The first kappa shape index (κ1) is 13.8. The van der Waals surface area contributed by atoms with Gasteiger partial charge in [0, 0.05) is 19.7 Å². The highest BCUT2D eigenvalue weighted by Gasteiger charge is 2.20. The Kier molecular flexibility index (Phi) is 3.57. The number of nitriles is 1. The maximum absolute atomic E-state index is 13.8. The molecule has 0 fully saturated rings. The standard InChI is InChI=1S/C13H13F2N5/c1-3-19(2)13-9(7-16)12(17)20(18-13)11-5-4-8(14)6-10(11)15/h4-6H,3,17H2,1-2H3. The van der Waals surface area contributed by atoms with Crippen LogP contribution in [0.1, 0.15) is 12.5 Å². The molecule has 0 aliphatic carbocycles. The van der Waals surface area contributed by atoms with Crippen LogP contribution in [-0.4, -0.2) is 23.4 Å². The van der Waals surface area contributed by atoms with Crippen LogP contribution in [0.4, 0.5) is 20.4 Å². The Hall–Kier alpha value is -2.62. The zero-order valence-corrected chi connectivity index (χ0v) is 11.1. The smallest absolute Gasteiger partial charge is 0.171 e. The summed E-state index contributed by atoms with van der Waals surface area (Å²) in [6.07, 6.45) is 0. The molecule has 1 aromatic heterocycles. The molecule has 2 rings (SSSR count). The van der Waals surface area contributed by atoms with Crippen LogP contribution < -0.4 is 10.6 Å². The maximum atomic E-state index is 13.8. The van der Waals surface area contributed by atoms with Crippen molar-refractivity contribution in [3.8, 4) is 11.8 Å². The zero-order chi connectivity index (χ0) is 14.9. The molecule has 2 N–H and O–H groups in total. The first-order valence-corrected chi connectivity index (χ1v) is 5.94. The largest absolute Gasteiger partial charge is 0.382 e. The number of aromatic nitrogens is 2. The van der Waals surface area contributed by atoms with E-state index in [0.29, 0.717) is 12.4 Å². The van der Waals surface area contributed by atoms with Gasteiger partial charge in [0.1, 0.15) is 29.0 Å². The van der Waals surface area contributed by atoms with E-state index >= 15 is 0 Å². The number of hydrogen-bond acceptors (Lipinski definition) is 4. The van der Waals surface area contributed by atoms with Crippen LogP contribution in [-0.2, 0) is 0 Å². The van der Waals surface area contributed by atoms with Gasteiger partial charge in [-0.15, -0.1) is 5.10 Å². The summed E-state index contributed by atoms with van der Waals surface area (Å²) in [5, 5.41) is 13.3. The minimum atomic E-state index is -0.797. The van der Waals surface area contributed by atoms with Gasteiger partial charge in [-0.2, -0.15) is 5.26 Å². The predicted molar refractivity (Wildman–Crippen MR) is 71.6 cm³/mol. The SMILES string of the molecule is CCN(C)c1nn(-c2ccc(F)cc2F)c(N)c1C#N. The van der Waals surface area contributed by atoms with E-state index in [4.69, 9.17) is 11.0 Å². The van der Waals surface area contributed by atoms with Crippen molar-refractivity contribution in [3.05, 3.63) is 35.4 Å². The van der Waals surface area contributed by atoms with Gasteiger partial charge in [0.15, 0.2) is 11.6 Å². The molecule has 20 heavy (non-hydrogen) atoms. The van der Waals surface area contributed by atoms with Crippen molar-refractivity contribution < 1.29 is 8.78 Å². The second-order valence-corrected chi connectivity index (χ2v) is 4.22. The molecular weight excluding hydrogens is 264 g/mol. The van der Waals surface area contributed by atoms with Crippen LogP contribution in [0, 0.1) is 23.0 Å². The van der Waals surface area contributed by atoms with Crippen molar-refractivity contribution >= 4 is 11.6 Å². The van der Waals surface area contributed by atoms with E-state index in [1.54, 1.807) is 11.9 Å². The molecule has 2 aromatic rings. The highest BCUT2D eigenvalue weighted by Crippen LogP contribution is 2.27. The molecule has 1 heterocycles. The van der Waals surface area contributed by atoms with E-state index in [0.717, 1.165) is 16.8 Å². The van der Waals surface area contributed by atoms with E-state index in [-0.39, 0.29) is 17.1 Å².